The smallest absolute Gasteiger partial charge is 0.267 e. The topological polar surface area (TPSA) is 75.9 Å². The van der Waals surface area contributed by atoms with Gasteiger partial charge in [0, 0.05) is 42.6 Å². The van der Waals surface area contributed by atoms with Gasteiger partial charge >= 0.3 is 0 Å². The molecule has 2 aromatic rings. The zero-order chi connectivity index (χ0) is 18.1. The normalized spacial score (nSPS) is 20.6. The summed E-state index contributed by atoms with van der Waals surface area (Å²) in [5, 5.41) is 9.00. The van der Waals surface area contributed by atoms with Crippen LogP contribution in [0.4, 0.5) is 10.9 Å². The highest BCUT2D eigenvalue weighted by Gasteiger charge is 2.28. The van der Waals surface area contributed by atoms with Gasteiger partial charge in [-0.25, -0.2) is 9.67 Å². The van der Waals surface area contributed by atoms with Crippen LogP contribution in [0, 0.1) is 0 Å². The third-order valence-corrected chi connectivity index (χ3v) is 5.78. The molecule has 0 amide bonds. The highest BCUT2D eigenvalue weighted by atomic mass is 32.1. The van der Waals surface area contributed by atoms with Crippen molar-refractivity contribution in [3.63, 3.8) is 0 Å². The van der Waals surface area contributed by atoms with E-state index >= 15 is 0 Å². The molecule has 4 rings (SSSR count). The van der Waals surface area contributed by atoms with Crippen LogP contribution in [0.15, 0.2) is 16.9 Å². The molecule has 1 saturated carbocycles. The molecule has 1 unspecified atom stereocenters. The molecule has 1 saturated heterocycles. The lowest BCUT2D eigenvalue weighted by molar-refractivity contribution is 0.451. The van der Waals surface area contributed by atoms with E-state index in [-0.39, 0.29) is 11.6 Å². The molecule has 0 bridgehead atoms. The van der Waals surface area contributed by atoms with E-state index in [1.54, 1.807) is 10.7 Å². The minimum absolute atomic E-state index is 0.0445. The number of rotatable bonds is 6. The molecule has 3 heterocycles. The summed E-state index contributed by atoms with van der Waals surface area (Å²) in [6.45, 7) is 5.77. The van der Waals surface area contributed by atoms with Gasteiger partial charge in [-0.1, -0.05) is 0 Å². The van der Waals surface area contributed by atoms with Crippen molar-refractivity contribution in [1.82, 2.24) is 19.1 Å². The van der Waals surface area contributed by atoms with Gasteiger partial charge in [0.2, 0.25) is 5.13 Å². The quantitative estimate of drug-likeness (QED) is 0.838. The van der Waals surface area contributed by atoms with Gasteiger partial charge in [-0.05, 0) is 52.0 Å². The molecule has 1 N–H and O–H groups in total. The van der Waals surface area contributed by atoms with Crippen LogP contribution in [0.25, 0.3) is 0 Å². The molecule has 1 aliphatic heterocycles. The second kappa shape index (κ2) is 7.34. The summed E-state index contributed by atoms with van der Waals surface area (Å²) in [6, 6.07) is 3.90. The van der Waals surface area contributed by atoms with E-state index in [1.165, 1.54) is 30.8 Å². The van der Waals surface area contributed by atoms with Gasteiger partial charge in [-0.2, -0.15) is 9.47 Å². The van der Waals surface area contributed by atoms with Crippen LogP contribution >= 0.6 is 11.5 Å². The zero-order valence-corrected chi connectivity index (χ0v) is 16.2. The third kappa shape index (κ3) is 3.75. The highest BCUT2D eigenvalue weighted by Crippen LogP contribution is 2.39. The lowest BCUT2D eigenvalue weighted by Crippen LogP contribution is -2.45. The maximum Gasteiger partial charge on any atom is 0.267 e. The first-order valence-corrected chi connectivity index (χ1v) is 10.3. The molecule has 0 radical (unpaired) electrons. The SMILES string of the molecule is CC(C)n1nc(N2CCCCC2CNc2nc(C3CC3)ns2)ccc1=O. The molecular weight excluding hydrogens is 348 g/mol. The summed E-state index contributed by atoms with van der Waals surface area (Å²) in [5.74, 6) is 2.48. The van der Waals surface area contributed by atoms with Crippen molar-refractivity contribution in [3.05, 3.63) is 28.3 Å². The van der Waals surface area contributed by atoms with Crippen LogP contribution in [0.1, 0.15) is 63.7 Å². The average Bonchev–Trinajstić information content (AvgIpc) is 3.39. The standard InChI is InChI=1S/C18H26N6OS/c1-12(2)24-16(25)9-8-15(21-24)23-10-4-3-5-14(23)11-19-18-20-17(22-26-18)13-6-7-13/h8-9,12-14H,3-7,10-11H2,1-2H3,(H,19,20,22). The number of aromatic nitrogens is 4. The number of nitrogens with one attached hydrogen (secondary N) is 1. The minimum atomic E-state index is -0.0445. The van der Waals surface area contributed by atoms with Gasteiger partial charge in [0.15, 0.2) is 0 Å². The summed E-state index contributed by atoms with van der Waals surface area (Å²) in [7, 11) is 0. The van der Waals surface area contributed by atoms with E-state index < -0.39 is 0 Å². The fourth-order valence-electron chi connectivity index (χ4n) is 3.47. The number of anilines is 2. The van der Waals surface area contributed by atoms with Crippen molar-refractivity contribution in [3.8, 4) is 0 Å². The maximum atomic E-state index is 12.0. The second-order valence-electron chi connectivity index (χ2n) is 7.52. The predicted octanol–water partition coefficient (Wildman–Crippen LogP) is 3.02. The molecule has 0 aromatic carbocycles. The summed E-state index contributed by atoms with van der Waals surface area (Å²) < 4.78 is 6.03. The summed E-state index contributed by atoms with van der Waals surface area (Å²) in [5.41, 5.74) is -0.0445. The van der Waals surface area contributed by atoms with Crippen LogP contribution in [0.3, 0.4) is 0 Å². The molecular formula is C18H26N6OS. The Bertz CT molecular complexity index is 812. The van der Waals surface area contributed by atoms with Crippen LogP contribution < -0.4 is 15.8 Å². The number of piperidine rings is 1. The van der Waals surface area contributed by atoms with E-state index in [2.05, 4.69) is 24.7 Å². The van der Waals surface area contributed by atoms with Crippen LogP contribution in [-0.2, 0) is 0 Å². The Morgan fingerprint density at radius 1 is 1.27 bits per heavy atom. The van der Waals surface area contributed by atoms with Gasteiger partial charge in [-0.3, -0.25) is 4.79 Å². The van der Waals surface area contributed by atoms with Crippen molar-refractivity contribution in [2.45, 2.75) is 64.0 Å². The fourth-order valence-corrected chi connectivity index (χ4v) is 4.12. The van der Waals surface area contributed by atoms with Crippen molar-refractivity contribution >= 4 is 22.5 Å². The van der Waals surface area contributed by atoms with Gasteiger partial charge in [0.25, 0.3) is 5.56 Å². The Labute approximate surface area is 157 Å². The molecule has 1 atom stereocenters. The van der Waals surface area contributed by atoms with Crippen molar-refractivity contribution in [2.24, 2.45) is 0 Å². The Morgan fingerprint density at radius 3 is 2.88 bits per heavy atom. The first-order chi connectivity index (χ1) is 12.6. The molecule has 2 fully saturated rings. The molecule has 1 aliphatic carbocycles. The third-order valence-electron chi connectivity index (χ3n) is 5.09. The number of hydrogen-bond acceptors (Lipinski definition) is 7. The van der Waals surface area contributed by atoms with Crippen molar-refractivity contribution < 1.29 is 0 Å². The zero-order valence-electron chi connectivity index (χ0n) is 15.4. The Balaban J connectivity index is 1.47. The Morgan fingerprint density at radius 2 is 2.12 bits per heavy atom. The van der Waals surface area contributed by atoms with E-state index in [1.807, 2.05) is 19.9 Å². The predicted molar refractivity (Wildman–Crippen MR) is 104 cm³/mol. The first kappa shape index (κ1) is 17.5. The van der Waals surface area contributed by atoms with Crippen LogP contribution in [-0.4, -0.2) is 38.3 Å². The van der Waals surface area contributed by atoms with E-state index in [0.29, 0.717) is 12.0 Å². The van der Waals surface area contributed by atoms with E-state index in [9.17, 15) is 4.79 Å². The number of nitrogens with zero attached hydrogens (tertiary/aromatic N) is 5. The van der Waals surface area contributed by atoms with Crippen molar-refractivity contribution in [1.29, 1.82) is 0 Å². The lowest BCUT2D eigenvalue weighted by Gasteiger charge is -2.36. The number of hydrogen-bond donors (Lipinski definition) is 1. The molecule has 26 heavy (non-hydrogen) atoms. The minimum Gasteiger partial charge on any atom is -0.358 e. The summed E-state index contributed by atoms with van der Waals surface area (Å²) in [6.07, 6.45) is 5.94. The van der Waals surface area contributed by atoms with E-state index in [4.69, 9.17) is 0 Å². The molecule has 8 heteroatoms. The Hall–Kier alpha value is -1.96. The molecule has 140 valence electrons. The van der Waals surface area contributed by atoms with Crippen LogP contribution in [0.2, 0.25) is 0 Å². The van der Waals surface area contributed by atoms with Crippen LogP contribution in [0.5, 0.6) is 0 Å². The molecule has 0 spiro atoms. The van der Waals surface area contributed by atoms with E-state index in [0.717, 1.165) is 42.7 Å². The first-order valence-electron chi connectivity index (χ1n) is 9.56. The van der Waals surface area contributed by atoms with Crippen molar-refractivity contribution in [2.75, 3.05) is 23.3 Å². The van der Waals surface area contributed by atoms with Gasteiger partial charge in [0.05, 0.1) is 6.04 Å². The second-order valence-corrected chi connectivity index (χ2v) is 8.28. The summed E-state index contributed by atoms with van der Waals surface area (Å²) >= 11 is 1.46. The monoisotopic (exact) mass is 374 g/mol. The lowest BCUT2D eigenvalue weighted by atomic mass is 10.0. The highest BCUT2D eigenvalue weighted by molar-refractivity contribution is 7.09. The fraction of sp³-hybridized carbons (Fsp3) is 0.667. The van der Waals surface area contributed by atoms with Gasteiger partial charge in [-0.15, -0.1) is 0 Å². The Kier molecular flexibility index (Phi) is 4.93. The molecule has 2 aliphatic rings. The maximum absolute atomic E-state index is 12.0. The van der Waals surface area contributed by atoms with Gasteiger partial charge in [0.1, 0.15) is 11.6 Å². The molecule has 2 aromatic heterocycles. The summed E-state index contributed by atoms with van der Waals surface area (Å²) in [4.78, 5) is 19.0. The molecule has 7 nitrogen and oxygen atoms in total. The van der Waals surface area contributed by atoms with Gasteiger partial charge < -0.3 is 10.2 Å². The largest absolute Gasteiger partial charge is 0.358 e. The average molecular weight is 375 g/mol.